The van der Waals surface area contributed by atoms with Crippen molar-refractivity contribution >= 4 is 27.4 Å². The van der Waals surface area contributed by atoms with Crippen LogP contribution in [0.2, 0.25) is 0 Å². The quantitative estimate of drug-likeness (QED) is 0.325. The summed E-state index contributed by atoms with van der Waals surface area (Å²) >= 11 is 3.52. The molecule has 0 aliphatic carbocycles. The van der Waals surface area contributed by atoms with Gasteiger partial charge in [-0.05, 0) is 99.2 Å². The second-order valence-electron chi connectivity index (χ2n) is 10.4. The van der Waals surface area contributed by atoms with Gasteiger partial charge >= 0.3 is 0 Å². The number of rotatable bonds is 7. The van der Waals surface area contributed by atoms with Gasteiger partial charge in [-0.15, -0.1) is 0 Å². The van der Waals surface area contributed by atoms with Crippen LogP contribution in [-0.2, 0) is 6.54 Å². The molecule has 5 heteroatoms. The molecule has 194 valence electrons. The molecule has 3 aromatic carbocycles. The third-order valence-electron chi connectivity index (χ3n) is 7.04. The highest BCUT2D eigenvalue weighted by Crippen LogP contribution is 2.34. The number of benzene rings is 3. The second-order valence-corrected chi connectivity index (χ2v) is 11.3. The van der Waals surface area contributed by atoms with Crippen LogP contribution in [0.15, 0.2) is 82.8 Å². The highest BCUT2D eigenvalue weighted by atomic mass is 79.9. The van der Waals surface area contributed by atoms with Crippen molar-refractivity contribution in [3.63, 3.8) is 0 Å². The lowest BCUT2D eigenvalue weighted by atomic mass is 9.88. The molecule has 1 amide bonds. The molecule has 1 N–H and O–H groups in total. The van der Waals surface area contributed by atoms with E-state index in [9.17, 15) is 9.90 Å². The molecule has 1 heterocycles. The second kappa shape index (κ2) is 12.1. The molecule has 0 atom stereocenters. The molecule has 3 aromatic rings. The fraction of sp³-hybridized carbons (Fsp3) is 0.344. The normalized spacial score (nSPS) is 14.3. The molecule has 1 aliphatic heterocycles. The molecule has 4 rings (SSSR count). The molecule has 0 aromatic heterocycles. The number of nitrogens with zero attached hydrogens (tertiary/aromatic N) is 2. The van der Waals surface area contributed by atoms with Crippen LogP contribution >= 0.6 is 15.9 Å². The van der Waals surface area contributed by atoms with E-state index >= 15 is 0 Å². The summed E-state index contributed by atoms with van der Waals surface area (Å²) < 4.78 is 1.10. The molecule has 37 heavy (non-hydrogen) atoms. The lowest BCUT2D eigenvalue weighted by Crippen LogP contribution is -2.42. The topological polar surface area (TPSA) is 43.8 Å². The average Bonchev–Trinajstić information content (AvgIpc) is 2.87. The Morgan fingerprint density at radius 2 is 1.46 bits per heavy atom. The monoisotopic (exact) mass is 560 g/mol. The number of carbonyl (C=O) groups is 1. The van der Waals surface area contributed by atoms with E-state index in [2.05, 4.69) is 91.0 Å². The highest BCUT2D eigenvalue weighted by Gasteiger charge is 2.23. The zero-order chi connectivity index (χ0) is 26.5. The van der Waals surface area contributed by atoms with Gasteiger partial charge in [-0.3, -0.25) is 9.69 Å². The Balaban J connectivity index is 1.60. The number of piperidine rings is 1. The van der Waals surface area contributed by atoms with Gasteiger partial charge in [0.2, 0.25) is 0 Å². The van der Waals surface area contributed by atoms with Crippen molar-refractivity contribution in [2.75, 3.05) is 13.1 Å². The average molecular weight is 562 g/mol. The van der Waals surface area contributed by atoms with Gasteiger partial charge in [0.05, 0.1) is 0 Å². The van der Waals surface area contributed by atoms with Crippen molar-refractivity contribution in [2.24, 2.45) is 0 Å². The van der Waals surface area contributed by atoms with Gasteiger partial charge in [0.25, 0.3) is 5.91 Å². The Bertz CT molecular complexity index is 1230. The third kappa shape index (κ3) is 6.71. The number of phenolic OH excluding ortho intramolecular Hbond substituents is 1. The lowest BCUT2D eigenvalue weighted by molar-refractivity contribution is 0.0643. The van der Waals surface area contributed by atoms with Gasteiger partial charge in [-0.25, -0.2) is 0 Å². The van der Waals surface area contributed by atoms with Crippen molar-refractivity contribution in [3.8, 4) is 5.75 Å². The first-order valence-electron chi connectivity index (χ1n) is 13.1. The molecule has 1 aliphatic rings. The standard InChI is InChI=1S/C32H37BrN2O2/c1-22(2)35(23(3)4)32(37)27-12-10-25(11-13-27)31(28-6-5-7-30(36)20-28)26-16-18-34(19-17-26)21-24-8-14-29(33)15-9-24/h5-15,20,22-23,36H,16-19,21H2,1-4H3. The maximum Gasteiger partial charge on any atom is 0.254 e. The number of hydrogen-bond acceptors (Lipinski definition) is 3. The Morgan fingerprint density at radius 1 is 0.865 bits per heavy atom. The summed E-state index contributed by atoms with van der Waals surface area (Å²) in [6, 6.07) is 24.4. The van der Waals surface area contributed by atoms with Crippen molar-refractivity contribution in [1.29, 1.82) is 0 Å². The van der Waals surface area contributed by atoms with Crippen LogP contribution in [-0.4, -0.2) is 46.0 Å². The van der Waals surface area contributed by atoms with E-state index < -0.39 is 0 Å². The van der Waals surface area contributed by atoms with Crippen molar-refractivity contribution < 1.29 is 9.90 Å². The minimum absolute atomic E-state index is 0.0596. The molecule has 0 unspecified atom stereocenters. The first-order chi connectivity index (χ1) is 17.7. The minimum atomic E-state index is 0.0596. The zero-order valence-corrected chi connectivity index (χ0v) is 23.8. The fourth-order valence-electron chi connectivity index (χ4n) is 5.31. The zero-order valence-electron chi connectivity index (χ0n) is 22.2. The molecular formula is C32H37BrN2O2. The molecule has 0 saturated carbocycles. The summed E-state index contributed by atoms with van der Waals surface area (Å²) in [5.41, 5.74) is 6.68. The number of likely N-dealkylation sites (tertiary alicyclic amines) is 1. The first-order valence-corrected chi connectivity index (χ1v) is 13.9. The van der Waals surface area contributed by atoms with E-state index in [1.807, 2.05) is 29.2 Å². The van der Waals surface area contributed by atoms with Crippen LogP contribution in [0.1, 0.15) is 67.6 Å². The number of amides is 1. The number of phenols is 1. The van der Waals surface area contributed by atoms with E-state index in [0.717, 1.165) is 48.1 Å². The van der Waals surface area contributed by atoms with Crippen LogP contribution in [0.4, 0.5) is 0 Å². The summed E-state index contributed by atoms with van der Waals surface area (Å²) in [5, 5.41) is 10.2. The molecule has 0 spiro atoms. The first kappa shape index (κ1) is 27.2. The minimum Gasteiger partial charge on any atom is -0.508 e. The highest BCUT2D eigenvalue weighted by molar-refractivity contribution is 9.10. The van der Waals surface area contributed by atoms with Gasteiger partial charge in [0.1, 0.15) is 5.75 Å². The van der Waals surface area contributed by atoms with Gasteiger partial charge in [-0.2, -0.15) is 0 Å². The van der Waals surface area contributed by atoms with E-state index in [0.29, 0.717) is 5.56 Å². The van der Waals surface area contributed by atoms with Gasteiger partial charge in [0.15, 0.2) is 0 Å². The largest absolute Gasteiger partial charge is 0.508 e. The van der Waals surface area contributed by atoms with Crippen LogP contribution < -0.4 is 0 Å². The maximum atomic E-state index is 13.2. The van der Waals surface area contributed by atoms with Crippen molar-refractivity contribution in [2.45, 2.75) is 59.2 Å². The Hall–Kier alpha value is -2.89. The summed E-state index contributed by atoms with van der Waals surface area (Å²) in [6.07, 6.45) is 1.94. The Morgan fingerprint density at radius 3 is 2.03 bits per heavy atom. The number of carbonyl (C=O) groups excluding carboxylic acids is 1. The summed E-state index contributed by atoms with van der Waals surface area (Å²) in [6.45, 7) is 11.1. The SMILES string of the molecule is CC(C)N(C(=O)c1ccc(C(=C2CCN(Cc3ccc(Br)cc3)CC2)c2cccc(O)c2)cc1)C(C)C. The predicted octanol–water partition coefficient (Wildman–Crippen LogP) is 7.51. The van der Waals surface area contributed by atoms with Gasteiger partial charge in [0, 0.05) is 41.8 Å². The maximum absolute atomic E-state index is 13.2. The molecular weight excluding hydrogens is 524 g/mol. The van der Waals surface area contributed by atoms with E-state index in [4.69, 9.17) is 0 Å². The van der Waals surface area contributed by atoms with Crippen LogP contribution in [0, 0.1) is 0 Å². The molecule has 1 saturated heterocycles. The summed E-state index contributed by atoms with van der Waals surface area (Å²) in [7, 11) is 0. The van der Waals surface area contributed by atoms with Crippen molar-refractivity contribution in [3.05, 3.63) is 105 Å². The van der Waals surface area contributed by atoms with Gasteiger partial charge < -0.3 is 10.0 Å². The summed E-state index contributed by atoms with van der Waals surface area (Å²) in [5.74, 6) is 0.323. The molecule has 1 fully saturated rings. The van der Waals surface area contributed by atoms with E-state index in [1.54, 1.807) is 6.07 Å². The van der Waals surface area contributed by atoms with Gasteiger partial charge in [-0.1, -0.05) is 57.9 Å². The lowest BCUT2D eigenvalue weighted by Gasteiger charge is -2.31. The number of aromatic hydroxyl groups is 1. The smallest absolute Gasteiger partial charge is 0.254 e. The Labute approximate surface area is 229 Å². The van der Waals surface area contributed by atoms with Crippen LogP contribution in [0.25, 0.3) is 5.57 Å². The fourth-order valence-corrected chi connectivity index (χ4v) is 5.57. The summed E-state index contributed by atoms with van der Waals surface area (Å²) in [4.78, 5) is 17.6. The van der Waals surface area contributed by atoms with Crippen molar-refractivity contribution in [1.82, 2.24) is 9.80 Å². The molecule has 4 nitrogen and oxygen atoms in total. The van der Waals surface area contributed by atoms with Crippen LogP contribution in [0.3, 0.4) is 0 Å². The van der Waals surface area contributed by atoms with E-state index in [1.165, 1.54) is 16.7 Å². The Kier molecular flexibility index (Phi) is 8.88. The molecule has 0 bridgehead atoms. The predicted molar refractivity (Wildman–Crippen MR) is 156 cm³/mol. The van der Waals surface area contributed by atoms with E-state index in [-0.39, 0.29) is 23.7 Å². The number of halogens is 1. The molecule has 0 radical (unpaired) electrons. The third-order valence-corrected chi connectivity index (χ3v) is 7.56. The number of hydrogen-bond donors (Lipinski definition) is 1. The van der Waals surface area contributed by atoms with Crippen LogP contribution in [0.5, 0.6) is 5.75 Å².